The SMILES string of the molecule is CCC1=C(C)C(=O)C1(C)C. The third-order valence-corrected chi connectivity index (χ3v) is 2.47. The molecular formula is C9H14O. The Morgan fingerprint density at radius 3 is 2.10 bits per heavy atom. The summed E-state index contributed by atoms with van der Waals surface area (Å²) in [6.07, 6.45) is 1.02. The number of hydrogen-bond acceptors (Lipinski definition) is 1. The van der Waals surface area contributed by atoms with Crippen LogP contribution in [0, 0.1) is 5.41 Å². The van der Waals surface area contributed by atoms with Crippen LogP contribution in [-0.4, -0.2) is 5.78 Å². The van der Waals surface area contributed by atoms with E-state index in [2.05, 4.69) is 6.92 Å². The molecule has 0 aliphatic heterocycles. The summed E-state index contributed by atoms with van der Waals surface area (Å²) in [5, 5.41) is 0. The van der Waals surface area contributed by atoms with Crippen LogP contribution in [0.5, 0.6) is 0 Å². The number of ketones is 1. The van der Waals surface area contributed by atoms with E-state index < -0.39 is 0 Å². The summed E-state index contributed by atoms with van der Waals surface area (Å²) in [6, 6.07) is 0. The first-order valence-electron chi connectivity index (χ1n) is 3.76. The Hall–Kier alpha value is -0.590. The Bertz CT molecular complexity index is 209. The van der Waals surface area contributed by atoms with Gasteiger partial charge >= 0.3 is 0 Å². The number of carbonyl (C=O) groups is 1. The highest BCUT2D eigenvalue weighted by Gasteiger charge is 2.42. The molecule has 0 heterocycles. The minimum atomic E-state index is -0.140. The highest BCUT2D eigenvalue weighted by atomic mass is 16.1. The van der Waals surface area contributed by atoms with E-state index in [0.29, 0.717) is 5.78 Å². The van der Waals surface area contributed by atoms with Gasteiger partial charge in [-0.15, -0.1) is 0 Å². The molecular weight excluding hydrogens is 124 g/mol. The van der Waals surface area contributed by atoms with Crippen molar-refractivity contribution in [3.63, 3.8) is 0 Å². The first kappa shape index (κ1) is 7.52. The van der Waals surface area contributed by atoms with Gasteiger partial charge in [-0.05, 0) is 32.8 Å². The van der Waals surface area contributed by atoms with Gasteiger partial charge in [-0.1, -0.05) is 12.5 Å². The Balaban J connectivity index is 3.01. The molecule has 10 heavy (non-hydrogen) atoms. The molecule has 0 unspecified atom stereocenters. The lowest BCUT2D eigenvalue weighted by Crippen LogP contribution is -2.38. The van der Waals surface area contributed by atoms with E-state index in [1.54, 1.807) is 0 Å². The van der Waals surface area contributed by atoms with Crippen LogP contribution in [0.15, 0.2) is 11.1 Å². The molecule has 0 saturated carbocycles. The number of rotatable bonds is 1. The van der Waals surface area contributed by atoms with Crippen LogP contribution in [0.4, 0.5) is 0 Å². The van der Waals surface area contributed by atoms with Crippen LogP contribution in [0.25, 0.3) is 0 Å². The summed E-state index contributed by atoms with van der Waals surface area (Å²) in [5.74, 6) is 0.323. The maximum Gasteiger partial charge on any atom is 0.168 e. The molecule has 0 bridgehead atoms. The van der Waals surface area contributed by atoms with E-state index in [-0.39, 0.29) is 5.41 Å². The Morgan fingerprint density at radius 2 is 1.90 bits per heavy atom. The lowest BCUT2D eigenvalue weighted by atomic mass is 9.65. The van der Waals surface area contributed by atoms with Gasteiger partial charge in [0.05, 0.1) is 0 Å². The van der Waals surface area contributed by atoms with E-state index in [0.717, 1.165) is 12.0 Å². The van der Waals surface area contributed by atoms with Crippen molar-refractivity contribution in [1.82, 2.24) is 0 Å². The Morgan fingerprint density at radius 1 is 1.40 bits per heavy atom. The van der Waals surface area contributed by atoms with Crippen molar-refractivity contribution in [3.8, 4) is 0 Å². The quantitative estimate of drug-likeness (QED) is 0.543. The number of hydrogen-bond donors (Lipinski definition) is 0. The molecule has 0 fully saturated rings. The van der Waals surface area contributed by atoms with Crippen LogP contribution in [0.3, 0.4) is 0 Å². The molecule has 0 spiro atoms. The average Bonchev–Trinajstić information content (AvgIpc) is 1.88. The van der Waals surface area contributed by atoms with Crippen molar-refractivity contribution < 1.29 is 4.79 Å². The second-order valence-corrected chi connectivity index (χ2v) is 3.41. The van der Waals surface area contributed by atoms with E-state index in [4.69, 9.17) is 0 Å². The fourth-order valence-electron chi connectivity index (χ4n) is 1.86. The summed E-state index contributed by atoms with van der Waals surface area (Å²) in [7, 11) is 0. The summed E-state index contributed by atoms with van der Waals surface area (Å²) in [6.45, 7) is 8.03. The molecule has 0 radical (unpaired) electrons. The van der Waals surface area contributed by atoms with Gasteiger partial charge in [-0.25, -0.2) is 0 Å². The molecule has 1 heteroatoms. The molecule has 1 aliphatic carbocycles. The predicted molar refractivity (Wildman–Crippen MR) is 41.8 cm³/mol. The minimum Gasteiger partial charge on any atom is -0.294 e. The monoisotopic (exact) mass is 138 g/mol. The van der Waals surface area contributed by atoms with Crippen molar-refractivity contribution in [2.24, 2.45) is 5.41 Å². The molecule has 0 aromatic heterocycles. The predicted octanol–water partition coefficient (Wildman–Crippen LogP) is 2.32. The molecule has 0 amide bonds. The smallest absolute Gasteiger partial charge is 0.168 e. The topological polar surface area (TPSA) is 17.1 Å². The molecule has 56 valence electrons. The van der Waals surface area contributed by atoms with Crippen LogP contribution in [0.2, 0.25) is 0 Å². The fourth-order valence-corrected chi connectivity index (χ4v) is 1.86. The fraction of sp³-hybridized carbons (Fsp3) is 0.667. The third-order valence-electron chi connectivity index (χ3n) is 2.47. The van der Waals surface area contributed by atoms with E-state index in [1.807, 2.05) is 20.8 Å². The van der Waals surface area contributed by atoms with E-state index >= 15 is 0 Å². The third kappa shape index (κ3) is 0.664. The van der Waals surface area contributed by atoms with Gasteiger partial charge in [0.15, 0.2) is 5.78 Å². The van der Waals surface area contributed by atoms with Crippen molar-refractivity contribution in [3.05, 3.63) is 11.1 Å². The van der Waals surface area contributed by atoms with Crippen molar-refractivity contribution >= 4 is 5.78 Å². The van der Waals surface area contributed by atoms with Crippen molar-refractivity contribution in [2.75, 3.05) is 0 Å². The highest BCUT2D eigenvalue weighted by molar-refractivity contribution is 6.08. The second-order valence-electron chi connectivity index (χ2n) is 3.41. The van der Waals surface area contributed by atoms with Gasteiger partial charge in [0.25, 0.3) is 0 Å². The first-order valence-corrected chi connectivity index (χ1v) is 3.76. The van der Waals surface area contributed by atoms with Crippen molar-refractivity contribution in [2.45, 2.75) is 34.1 Å². The zero-order valence-electron chi connectivity index (χ0n) is 7.12. The zero-order chi connectivity index (χ0) is 7.94. The van der Waals surface area contributed by atoms with Gasteiger partial charge in [-0.3, -0.25) is 4.79 Å². The average molecular weight is 138 g/mol. The van der Waals surface area contributed by atoms with E-state index in [9.17, 15) is 4.79 Å². The molecule has 0 N–H and O–H groups in total. The highest BCUT2D eigenvalue weighted by Crippen LogP contribution is 2.43. The van der Waals surface area contributed by atoms with Crippen LogP contribution in [0.1, 0.15) is 34.1 Å². The molecule has 0 atom stereocenters. The lowest BCUT2D eigenvalue weighted by molar-refractivity contribution is -0.124. The van der Waals surface area contributed by atoms with Crippen molar-refractivity contribution in [1.29, 1.82) is 0 Å². The summed E-state index contributed by atoms with van der Waals surface area (Å²) in [4.78, 5) is 11.2. The number of carbonyl (C=O) groups excluding carboxylic acids is 1. The van der Waals surface area contributed by atoms with E-state index in [1.165, 1.54) is 5.57 Å². The second kappa shape index (κ2) is 1.94. The van der Waals surface area contributed by atoms with Gasteiger partial charge in [-0.2, -0.15) is 0 Å². The Kier molecular flexibility index (Phi) is 1.46. The molecule has 0 aromatic carbocycles. The molecule has 1 aliphatic rings. The first-order chi connectivity index (χ1) is 4.51. The standard InChI is InChI=1S/C9H14O/c1-5-7-6(2)8(10)9(7,3)4/h5H2,1-4H3. The van der Waals surface area contributed by atoms with Crippen LogP contribution in [-0.2, 0) is 4.79 Å². The maximum absolute atomic E-state index is 11.2. The summed E-state index contributed by atoms with van der Waals surface area (Å²) in [5.41, 5.74) is 2.18. The normalized spacial score (nSPS) is 23.0. The molecule has 1 nitrogen and oxygen atoms in total. The van der Waals surface area contributed by atoms with Gasteiger partial charge in [0.2, 0.25) is 0 Å². The minimum absolute atomic E-state index is 0.140. The van der Waals surface area contributed by atoms with Gasteiger partial charge in [0, 0.05) is 5.41 Å². The summed E-state index contributed by atoms with van der Waals surface area (Å²) >= 11 is 0. The number of allylic oxidation sites excluding steroid dienone is 2. The van der Waals surface area contributed by atoms with Crippen LogP contribution < -0.4 is 0 Å². The maximum atomic E-state index is 11.2. The number of Topliss-reactive ketones (excluding diaryl/α,β-unsaturated/α-hetero) is 1. The van der Waals surface area contributed by atoms with Gasteiger partial charge < -0.3 is 0 Å². The lowest BCUT2D eigenvalue weighted by Gasteiger charge is -2.37. The zero-order valence-corrected chi connectivity index (χ0v) is 7.12. The Labute approximate surface area is 62.1 Å². The molecule has 0 saturated heterocycles. The largest absolute Gasteiger partial charge is 0.294 e. The summed E-state index contributed by atoms with van der Waals surface area (Å²) < 4.78 is 0. The molecule has 1 rings (SSSR count). The molecule has 0 aromatic rings. The van der Waals surface area contributed by atoms with Crippen LogP contribution >= 0.6 is 0 Å². The van der Waals surface area contributed by atoms with Gasteiger partial charge in [0.1, 0.15) is 0 Å².